The third-order valence-electron chi connectivity index (χ3n) is 5.34. The van der Waals surface area contributed by atoms with E-state index < -0.39 is 6.04 Å². The molecule has 0 aromatic heterocycles. The normalized spacial score (nSPS) is 12.8. The van der Waals surface area contributed by atoms with Crippen LogP contribution in [0.1, 0.15) is 50.3 Å². The second kappa shape index (κ2) is 13.1. The van der Waals surface area contributed by atoms with Gasteiger partial charge in [-0.05, 0) is 49.9 Å². The first kappa shape index (κ1) is 26.6. The lowest BCUT2D eigenvalue weighted by Gasteiger charge is -2.31. The zero-order valence-corrected chi connectivity index (χ0v) is 21.5. The van der Waals surface area contributed by atoms with E-state index in [1.54, 1.807) is 11.0 Å². The molecule has 2 aromatic rings. The van der Waals surface area contributed by atoms with Crippen LogP contribution in [0.25, 0.3) is 0 Å². The van der Waals surface area contributed by atoms with E-state index in [1.807, 2.05) is 64.1 Å². The molecule has 2 atom stereocenters. The van der Waals surface area contributed by atoms with Crippen LogP contribution >= 0.6 is 35.0 Å². The van der Waals surface area contributed by atoms with Gasteiger partial charge < -0.3 is 10.2 Å². The molecule has 174 valence electrons. The molecule has 2 aromatic carbocycles. The average Bonchev–Trinajstić information content (AvgIpc) is 2.77. The minimum Gasteiger partial charge on any atom is -0.352 e. The van der Waals surface area contributed by atoms with Crippen LogP contribution in [-0.4, -0.2) is 34.6 Å². The first-order chi connectivity index (χ1) is 15.2. The summed E-state index contributed by atoms with van der Waals surface area (Å²) >= 11 is 13.6. The molecule has 1 N–H and O–H groups in total. The van der Waals surface area contributed by atoms with Gasteiger partial charge in [0.25, 0.3) is 0 Å². The van der Waals surface area contributed by atoms with Gasteiger partial charge in [0.2, 0.25) is 11.8 Å². The third-order valence-corrected chi connectivity index (χ3v) is 7.07. The van der Waals surface area contributed by atoms with E-state index in [1.165, 1.54) is 11.8 Å². The number of nitrogens with zero attached hydrogens (tertiary/aromatic N) is 1. The van der Waals surface area contributed by atoms with E-state index in [4.69, 9.17) is 23.2 Å². The van der Waals surface area contributed by atoms with Crippen LogP contribution in [0.2, 0.25) is 10.0 Å². The van der Waals surface area contributed by atoms with E-state index in [9.17, 15) is 9.59 Å². The van der Waals surface area contributed by atoms with Crippen molar-refractivity contribution in [1.82, 2.24) is 10.2 Å². The summed E-state index contributed by atoms with van der Waals surface area (Å²) in [7, 11) is 0. The summed E-state index contributed by atoms with van der Waals surface area (Å²) in [5.74, 6) is 0.759. The first-order valence-corrected chi connectivity index (χ1v) is 12.8. The zero-order valence-electron chi connectivity index (χ0n) is 19.2. The number of halogens is 2. The average molecular weight is 496 g/mol. The topological polar surface area (TPSA) is 49.4 Å². The largest absolute Gasteiger partial charge is 0.352 e. The first-order valence-electron chi connectivity index (χ1n) is 10.9. The highest BCUT2D eigenvalue weighted by Gasteiger charge is 2.29. The lowest BCUT2D eigenvalue weighted by Crippen LogP contribution is -2.51. The summed E-state index contributed by atoms with van der Waals surface area (Å²) in [5.41, 5.74) is 3.17. The van der Waals surface area contributed by atoms with E-state index >= 15 is 0 Å². The van der Waals surface area contributed by atoms with E-state index in [2.05, 4.69) is 5.32 Å². The summed E-state index contributed by atoms with van der Waals surface area (Å²) in [6.07, 6.45) is 1.39. The second-order valence-corrected chi connectivity index (χ2v) is 9.79. The molecule has 4 nitrogen and oxygen atoms in total. The Bertz CT molecular complexity index is 905. The number of amides is 2. The summed E-state index contributed by atoms with van der Waals surface area (Å²) in [6.45, 7) is 8.38. The van der Waals surface area contributed by atoms with Crippen molar-refractivity contribution in [3.63, 3.8) is 0 Å². The van der Waals surface area contributed by atoms with Gasteiger partial charge in [0.15, 0.2) is 0 Å². The quantitative estimate of drug-likeness (QED) is 0.401. The fourth-order valence-corrected chi connectivity index (χ4v) is 4.40. The van der Waals surface area contributed by atoms with Crippen molar-refractivity contribution in [3.8, 4) is 0 Å². The number of rotatable bonds is 11. The molecule has 32 heavy (non-hydrogen) atoms. The van der Waals surface area contributed by atoms with Gasteiger partial charge >= 0.3 is 0 Å². The lowest BCUT2D eigenvalue weighted by molar-refractivity contribution is -0.139. The zero-order chi connectivity index (χ0) is 23.7. The van der Waals surface area contributed by atoms with Crippen molar-refractivity contribution < 1.29 is 9.59 Å². The summed E-state index contributed by atoms with van der Waals surface area (Å²) in [6, 6.07) is 13.1. The Morgan fingerprint density at radius 2 is 1.66 bits per heavy atom. The number of hydrogen-bond acceptors (Lipinski definition) is 3. The van der Waals surface area contributed by atoms with Crippen molar-refractivity contribution >= 4 is 46.8 Å². The van der Waals surface area contributed by atoms with Gasteiger partial charge in [-0.25, -0.2) is 0 Å². The van der Waals surface area contributed by atoms with Crippen molar-refractivity contribution in [2.24, 2.45) is 0 Å². The van der Waals surface area contributed by atoms with Crippen LogP contribution in [0, 0.1) is 6.92 Å². The van der Waals surface area contributed by atoms with Gasteiger partial charge in [-0.15, -0.1) is 11.8 Å². The smallest absolute Gasteiger partial charge is 0.243 e. The Hall–Kier alpha value is -1.69. The SMILES string of the molecule is CC[C@H](C)NC(=O)[C@H](CC)N(Cc1ccc(C)cc1)C(=O)CSCc1ccc(Cl)c(Cl)c1. The van der Waals surface area contributed by atoms with E-state index in [0.717, 1.165) is 23.1 Å². The van der Waals surface area contributed by atoms with Crippen LogP contribution in [0.5, 0.6) is 0 Å². The standard InChI is InChI=1S/C25H32Cl2N2O2S/c1-5-18(4)28-25(31)23(6-2)29(14-19-9-7-17(3)8-10-19)24(30)16-32-15-20-11-12-21(26)22(27)13-20/h7-13,18,23H,5-6,14-16H2,1-4H3,(H,28,31)/t18-,23-/m0/s1. The molecule has 7 heteroatoms. The minimum atomic E-state index is -0.511. The van der Waals surface area contributed by atoms with Gasteiger partial charge in [-0.1, -0.05) is 72.9 Å². The summed E-state index contributed by atoms with van der Waals surface area (Å²) < 4.78 is 0. The molecule has 0 unspecified atom stereocenters. The maximum absolute atomic E-state index is 13.3. The molecule has 0 aliphatic rings. The van der Waals surface area contributed by atoms with Crippen molar-refractivity contribution in [2.75, 3.05) is 5.75 Å². The van der Waals surface area contributed by atoms with Gasteiger partial charge in [-0.3, -0.25) is 9.59 Å². The highest BCUT2D eigenvalue weighted by atomic mass is 35.5. The molecule has 0 spiro atoms. The highest BCUT2D eigenvalue weighted by molar-refractivity contribution is 7.99. The molecule has 0 saturated carbocycles. The molecule has 2 rings (SSSR count). The Morgan fingerprint density at radius 1 is 1.00 bits per heavy atom. The van der Waals surface area contributed by atoms with Crippen LogP contribution in [0.3, 0.4) is 0 Å². The highest BCUT2D eigenvalue weighted by Crippen LogP contribution is 2.25. The molecular formula is C25H32Cl2N2O2S. The number of benzene rings is 2. The molecule has 0 aliphatic heterocycles. The van der Waals surface area contributed by atoms with Crippen molar-refractivity contribution in [3.05, 3.63) is 69.2 Å². The van der Waals surface area contributed by atoms with Gasteiger partial charge in [-0.2, -0.15) is 0 Å². The molecule has 0 aliphatic carbocycles. The fourth-order valence-electron chi connectivity index (χ4n) is 3.22. The number of nitrogens with one attached hydrogen (secondary N) is 1. The number of carbonyl (C=O) groups excluding carboxylic acids is 2. The Labute approximate surface area is 206 Å². The molecule has 0 saturated heterocycles. The third kappa shape index (κ3) is 8.02. The fraction of sp³-hybridized carbons (Fsp3) is 0.440. The molecule has 0 bridgehead atoms. The number of thioether (sulfide) groups is 1. The number of hydrogen-bond donors (Lipinski definition) is 1. The maximum Gasteiger partial charge on any atom is 0.243 e. The van der Waals surface area contributed by atoms with Crippen molar-refractivity contribution in [2.45, 2.75) is 64.9 Å². The van der Waals surface area contributed by atoms with Crippen LogP contribution in [0.15, 0.2) is 42.5 Å². The maximum atomic E-state index is 13.3. The molecular weight excluding hydrogens is 463 g/mol. The van der Waals surface area contributed by atoms with Crippen LogP contribution < -0.4 is 5.32 Å². The monoisotopic (exact) mass is 494 g/mol. The summed E-state index contributed by atoms with van der Waals surface area (Å²) in [4.78, 5) is 27.9. The van der Waals surface area contributed by atoms with E-state index in [0.29, 0.717) is 28.8 Å². The van der Waals surface area contributed by atoms with Gasteiger partial charge in [0.05, 0.1) is 15.8 Å². The molecule has 0 heterocycles. The predicted octanol–water partition coefficient (Wildman–Crippen LogP) is 6.26. The molecule has 2 amide bonds. The summed E-state index contributed by atoms with van der Waals surface area (Å²) in [5, 5.41) is 4.05. The predicted molar refractivity (Wildman–Crippen MR) is 136 cm³/mol. The Morgan fingerprint density at radius 3 is 2.25 bits per heavy atom. The van der Waals surface area contributed by atoms with Crippen molar-refractivity contribution in [1.29, 1.82) is 0 Å². The van der Waals surface area contributed by atoms with Crippen LogP contribution in [-0.2, 0) is 21.9 Å². The number of aryl methyl sites for hydroxylation is 1. The van der Waals surface area contributed by atoms with Crippen LogP contribution in [0.4, 0.5) is 0 Å². The van der Waals surface area contributed by atoms with E-state index in [-0.39, 0.29) is 23.6 Å². The van der Waals surface area contributed by atoms with Gasteiger partial charge in [0, 0.05) is 18.3 Å². The van der Waals surface area contributed by atoms with Gasteiger partial charge in [0.1, 0.15) is 6.04 Å². The Kier molecular flexibility index (Phi) is 10.9. The molecule has 0 radical (unpaired) electrons. The minimum absolute atomic E-state index is 0.0539. The Balaban J connectivity index is 2.13. The molecule has 0 fully saturated rings. The number of carbonyl (C=O) groups is 2. The lowest BCUT2D eigenvalue weighted by atomic mass is 10.1. The second-order valence-electron chi connectivity index (χ2n) is 7.99.